The first kappa shape index (κ1) is 17.5. The van der Waals surface area contributed by atoms with Crippen LogP contribution in [0, 0.1) is 6.92 Å². The molecule has 1 aliphatic rings. The molecule has 0 bridgehead atoms. The average Bonchev–Trinajstić information content (AvgIpc) is 3.17. The van der Waals surface area contributed by atoms with E-state index >= 15 is 0 Å². The highest BCUT2D eigenvalue weighted by Crippen LogP contribution is 2.27. The van der Waals surface area contributed by atoms with Gasteiger partial charge in [0.25, 0.3) is 0 Å². The second-order valence-electron chi connectivity index (χ2n) is 7.14. The van der Waals surface area contributed by atoms with Crippen molar-refractivity contribution in [3.05, 3.63) is 66.6 Å². The molecule has 0 N–H and O–H groups in total. The number of rotatable bonds is 5. The van der Waals surface area contributed by atoms with Crippen molar-refractivity contribution in [2.45, 2.75) is 25.8 Å². The molecule has 3 heterocycles. The Balaban J connectivity index is 1.58. The molecular formula is C22H25N5. The number of pyridine rings is 1. The normalized spacial score (nSPS) is 16.5. The van der Waals surface area contributed by atoms with Crippen LogP contribution in [0.3, 0.4) is 0 Å². The quantitative estimate of drug-likeness (QED) is 0.690. The van der Waals surface area contributed by atoms with Gasteiger partial charge in [0.15, 0.2) is 5.82 Å². The predicted octanol–water partition coefficient (Wildman–Crippen LogP) is 3.95. The topological polar surface area (TPSA) is 45.2 Å². The van der Waals surface area contributed by atoms with E-state index < -0.39 is 0 Å². The van der Waals surface area contributed by atoms with E-state index in [0.717, 1.165) is 36.0 Å². The lowest BCUT2D eigenvalue weighted by molar-refractivity contribution is 0.649. The zero-order chi connectivity index (χ0) is 18.6. The third-order valence-corrected chi connectivity index (χ3v) is 5.11. The van der Waals surface area contributed by atoms with Crippen LogP contribution < -0.4 is 9.80 Å². The molecule has 5 nitrogen and oxygen atoms in total. The molecule has 4 rings (SSSR count). The van der Waals surface area contributed by atoms with Crippen molar-refractivity contribution in [3.8, 4) is 11.4 Å². The van der Waals surface area contributed by atoms with Crippen LogP contribution in [0.4, 0.5) is 11.5 Å². The molecule has 1 atom stereocenters. The first-order valence-corrected chi connectivity index (χ1v) is 9.49. The van der Waals surface area contributed by atoms with Crippen molar-refractivity contribution in [1.82, 2.24) is 15.0 Å². The first-order chi connectivity index (χ1) is 13.2. The van der Waals surface area contributed by atoms with Gasteiger partial charge in [-0.15, -0.1) is 0 Å². The molecule has 1 saturated heterocycles. The lowest BCUT2D eigenvalue weighted by Gasteiger charge is -2.31. The van der Waals surface area contributed by atoms with Gasteiger partial charge in [0.2, 0.25) is 0 Å². The second kappa shape index (κ2) is 7.74. The Kier molecular flexibility index (Phi) is 5.01. The Morgan fingerprint density at radius 3 is 2.74 bits per heavy atom. The minimum atomic E-state index is 0.450. The van der Waals surface area contributed by atoms with Gasteiger partial charge in [-0.05, 0) is 44.0 Å². The van der Waals surface area contributed by atoms with E-state index in [1.54, 1.807) is 6.20 Å². The minimum Gasteiger partial charge on any atom is -0.373 e. The molecular weight excluding hydrogens is 334 g/mol. The van der Waals surface area contributed by atoms with E-state index in [2.05, 4.69) is 63.2 Å². The van der Waals surface area contributed by atoms with Crippen LogP contribution in [0.1, 0.15) is 18.5 Å². The maximum atomic E-state index is 4.87. The molecule has 27 heavy (non-hydrogen) atoms. The molecule has 0 unspecified atom stereocenters. The molecule has 0 aliphatic carbocycles. The number of hydrogen-bond donors (Lipinski definition) is 0. The summed E-state index contributed by atoms with van der Waals surface area (Å²) in [6.45, 7) is 4.05. The van der Waals surface area contributed by atoms with E-state index in [1.165, 1.54) is 18.5 Å². The van der Waals surface area contributed by atoms with Gasteiger partial charge in [-0.2, -0.15) is 0 Å². The van der Waals surface area contributed by atoms with E-state index in [9.17, 15) is 0 Å². The maximum Gasteiger partial charge on any atom is 0.163 e. The molecule has 0 amide bonds. The largest absolute Gasteiger partial charge is 0.373 e. The van der Waals surface area contributed by atoms with Crippen molar-refractivity contribution < 1.29 is 0 Å². The van der Waals surface area contributed by atoms with Crippen LogP contribution >= 0.6 is 0 Å². The Bertz CT molecular complexity index is 882. The van der Waals surface area contributed by atoms with Crippen molar-refractivity contribution >= 4 is 11.5 Å². The number of hydrogen-bond acceptors (Lipinski definition) is 5. The maximum absolute atomic E-state index is 4.87. The highest BCUT2D eigenvalue weighted by atomic mass is 15.3. The van der Waals surface area contributed by atoms with E-state index in [1.807, 2.05) is 25.3 Å². The van der Waals surface area contributed by atoms with Crippen molar-refractivity contribution in [1.29, 1.82) is 0 Å². The first-order valence-electron chi connectivity index (χ1n) is 9.49. The van der Waals surface area contributed by atoms with Crippen molar-refractivity contribution in [2.75, 3.05) is 29.9 Å². The zero-order valence-electron chi connectivity index (χ0n) is 15.9. The van der Waals surface area contributed by atoms with Crippen LogP contribution in [0.15, 0.2) is 60.9 Å². The molecule has 0 saturated carbocycles. The summed E-state index contributed by atoms with van der Waals surface area (Å²) >= 11 is 0. The lowest BCUT2D eigenvalue weighted by Crippen LogP contribution is -2.39. The fourth-order valence-electron chi connectivity index (χ4n) is 3.75. The highest BCUT2D eigenvalue weighted by molar-refractivity contribution is 5.57. The lowest BCUT2D eigenvalue weighted by atomic mass is 10.2. The Hall–Kier alpha value is -2.95. The fraction of sp³-hybridized carbons (Fsp3) is 0.318. The Labute approximate surface area is 160 Å². The van der Waals surface area contributed by atoms with E-state index in [4.69, 9.17) is 4.98 Å². The second-order valence-corrected chi connectivity index (χ2v) is 7.14. The van der Waals surface area contributed by atoms with Gasteiger partial charge in [-0.1, -0.05) is 18.2 Å². The van der Waals surface area contributed by atoms with Crippen LogP contribution in [0.2, 0.25) is 0 Å². The van der Waals surface area contributed by atoms with Crippen LogP contribution in [0.25, 0.3) is 11.4 Å². The number of aromatic nitrogens is 3. The van der Waals surface area contributed by atoms with Crippen LogP contribution in [0.5, 0.6) is 0 Å². The summed E-state index contributed by atoms with van der Waals surface area (Å²) in [5.41, 5.74) is 3.19. The molecule has 0 radical (unpaired) electrons. The van der Waals surface area contributed by atoms with Gasteiger partial charge in [0, 0.05) is 61.6 Å². The molecule has 1 aliphatic heterocycles. The fourth-order valence-corrected chi connectivity index (χ4v) is 3.75. The van der Waals surface area contributed by atoms with E-state index in [0.29, 0.717) is 6.04 Å². The van der Waals surface area contributed by atoms with Crippen LogP contribution in [-0.4, -0.2) is 41.1 Å². The van der Waals surface area contributed by atoms with Crippen LogP contribution in [-0.2, 0) is 0 Å². The number of para-hydroxylation sites is 1. The molecule has 1 fully saturated rings. The third-order valence-electron chi connectivity index (χ3n) is 5.11. The van der Waals surface area contributed by atoms with Gasteiger partial charge in [0.05, 0.1) is 0 Å². The summed E-state index contributed by atoms with van der Waals surface area (Å²) in [5, 5.41) is 0. The summed E-state index contributed by atoms with van der Waals surface area (Å²) in [6.07, 6.45) is 5.97. The monoisotopic (exact) mass is 359 g/mol. The van der Waals surface area contributed by atoms with Gasteiger partial charge in [0.1, 0.15) is 5.82 Å². The number of likely N-dealkylation sites (N-methyl/N-ethyl adjacent to an activating group) is 1. The molecule has 1 aromatic carbocycles. The molecule has 0 spiro atoms. The van der Waals surface area contributed by atoms with E-state index in [-0.39, 0.29) is 0 Å². The SMILES string of the molecule is Cc1cc(N2CCC[C@@H]2CN(C)c2ccccc2)nc(-c2cccnc2)n1. The van der Waals surface area contributed by atoms with Gasteiger partial charge >= 0.3 is 0 Å². The number of anilines is 2. The smallest absolute Gasteiger partial charge is 0.163 e. The summed E-state index contributed by atoms with van der Waals surface area (Å²) in [5.74, 6) is 1.77. The van der Waals surface area contributed by atoms with Crippen molar-refractivity contribution in [3.63, 3.8) is 0 Å². The molecule has 3 aromatic rings. The molecule has 2 aromatic heterocycles. The van der Waals surface area contributed by atoms with Gasteiger partial charge in [-0.3, -0.25) is 4.98 Å². The average molecular weight is 359 g/mol. The summed E-state index contributed by atoms with van der Waals surface area (Å²) in [7, 11) is 2.16. The summed E-state index contributed by atoms with van der Waals surface area (Å²) in [4.78, 5) is 18.5. The standard InChI is InChI=1S/C22H25N5/c1-17-14-21(25-22(24-17)18-8-6-12-23-15-18)27-13-7-11-20(27)16-26(2)19-9-4-3-5-10-19/h3-6,8-10,12,14-15,20H,7,11,13,16H2,1-2H3/t20-/m1/s1. The minimum absolute atomic E-state index is 0.450. The Morgan fingerprint density at radius 1 is 1.11 bits per heavy atom. The number of benzene rings is 1. The third kappa shape index (κ3) is 3.92. The van der Waals surface area contributed by atoms with Gasteiger partial charge < -0.3 is 9.80 Å². The predicted molar refractivity (Wildman–Crippen MR) is 110 cm³/mol. The molecule has 138 valence electrons. The Morgan fingerprint density at radius 2 is 1.96 bits per heavy atom. The van der Waals surface area contributed by atoms with Gasteiger partial charge in [-0.25, -0.2) is 9.97 Å². The molecule has 5 heteroatoms. The van der Waals surface area contributed by atoms with Crippen molar-refractivity contribution in [2.24, 2.45) is 0 Å². The number of aryl methyl sites for hydroxylation is 1. The highest BCUT2D eigenvalue weighted by Gasteiger charge is 2.27. The zero-order valence-corrected chi connectivity index (χ0v) is 15.9. The number of nitrogens with zero attached hydrogens (tertiary/aromatic N) is 5. The summed E-state index contributed by atoms with van der Waals surface area (Å²) in [6, 6.07) is 17.0. The summed E-state index contributed by atoms with van der Waals surface area (Å²) < 4.78 is 0.